The summed E-state index contributed by atoms with van der Waals surface area (Å²) < 4.78 is 20.4. The van der Waals surface area contributed by atoms with Crippen LogP contribution in [0, 0.1) is 0 Å². The van der Waals surface area contributed by atoms with E-state index in [1.165, 1.54) is 21.3 Å². The molecule has 0 spiro atoms. The Bertz CT molecular complexity index is 216. The molecule has 0 aliphatic rings. The Balaban J connectivity index is 4.02. The molecule has 0 aliphatic carbocycles. The quantitative estimate of drug-likeness (QED) is 0.461. The van der Waals surface area contributed by atoms with Crippen LogP contribution in [0.3, 0.4) is 0 Å². The maximum atomic E-state index is 11.2. The first-order valence-electron chi connectivity index (χ1n) is 4.49. The predicted octanol–water partition coefficient (Wildman–Crippen LogP) is 0.913. The van der Waals surface area contributed by atoms with Gasteiger partial charge in [-0.05, 0) is 12.5 Å². The van der Waals surface area contributed by atoms with E-state index in [0.717, 1.165) is 0 Å². The first kappa shape index (κ1) is 14.5. The Labute approximate surface area is 91.5 Å². The van der Waals surface area contributed by atoms with Crippen LogP contribution in [0.5, 0.6) is 0 Å². The van der Waals surface area contributed by atoms with Gasteiger partial charge in [-0.1, -0.05) is 6.58 Å². The standard InChI is InChI=1S/C9H18O5Si/c1-8(2)9(10)6-7-14-15(11-3,12-4)13-5/h1,6-7H2,2-5H3. The molecule has 0 amide bonds. The smallest absolute Gasteiger partial charge is 0.355 e. The van der Waals surface area contributed by atoms with Gasteiger partial charge in [-0.3, -0.25) is 4.79 Å². The molecule has 0 radical (unpaired) electrons. The minimum Gasteiger partial charge on any atom is -0.355 e. The summed E-state index contributed by atoms with van der Waals surface area (Å²) in [5.74, 6) is -0.0405. The van der Waals surface area contributed by atoms with Gasteiger partial charge in [0.2, 0.25) is 0 Å². The summed E-state index contributed by atoms with van der Waals surface area (Å²) in [6.45, 7) is 5.41. The highest BCUT2D eigenvalue weighted by Gasteiger charge is 2.42. The van der Waals surface area contributed by atoms with E-state index in [9.17, 15) is 4.79 Å². The van der Waals surface area contributed by atoms with E-state index in [4.69, 9.17) is 17.7 Å². The van der Waals surface area contributed by atoms with Gasteiger partial charge < -0.3 is 17.7 Å². The number of hydrogen-bond acceptors (Lipinski definition) is 5. The molecule has 0 rings (SSSR count). The lowest BCUT2D eigenvalue weighted by molar-refractivity contribution is -0.116. The second-order valence-electron chi connectivity index (χ2n) is 2.91. The van der Waals surface area contributed by atoms with Crippen molar-refractivity contribution in [2.45, 2.75) is 13.3 Å². The molecule has 0 bridgehead atoms. The highest BCUT2D eigenvalue weighted by Crippen LogP contribution is 2.08. The Morgan fingerprint density at radius 2 is 1.67 bits per heavy atom. The van der Waals surface area contributed by atoms with Gasteiger partial charge >= 0.3 is 9.05 Å². The van der Waals surface area contributed by atoms with Crippen LogP contribution in [0.2, 0.25) is 0 Å². The van der Waals surface area contributed by atoms with Crippen LogP contribution >= 0.6 is 0 Å². The van der Waals surface area contributed by atoms with E-state index in [1.807, 2.05) is 0 Å². The van der Waals surface area contributed by atoms with Gasteiger partial charge in [-0.2, -0.15) is 0 Å². The van der Waals surface area contributed by atoms with Crippen LogP contribution < -0.4 is 0 Å². The first-order valence-corrected chi connectivity index (χ1v) is 6.12. The molecule has 0 fully saturated rings. The molecule has 0 aromatic rings. The van der Waals surface area contributed by atoms with Gasteiger partial charge in [0.15, 0.2) is 5.78 Å². The van der Waals surface area contributed by atoms with Crippen LogP contribution in [0.1, 0.15) is 13.3 Å². The fourth-order valence-electron chi connectivity index (χ4n) is 0.909. The SMILES string of the molecule is C=C(C)C(=O)CCO[Si](OC)(OC)OC. The van der Waals surface area contributed by atoms with E-state index >= 15 is 0 Å². The van der Waals surface area contributed by atoms with Gasteiger partial charge in [0, 0.05) is 34.4 Å². The predicted molar refractivity (Wildman–Crippen MR) is 57.2 cm³/mol. The largest absolute Gasteiger partial charge is 0.678 e. The summed E-state index contributed by atoms with van der Waals surface area (Å²) in [4.78, 5) is 11.2. The number of allylic oxidation sites excluding steroid dienone is 1. The third-order valence-electron chi connectivity index (χ3n) is 1.83. The summed E-state index contributed by atoms with van der Waals surface area (Å²) in [7, 11) is 1.33. The van der Waals surface area contributed by atoms with Crippen LogP contribution in [0.25, 0.3) is 0 Å². The third kappa shape index (κ3) is 4.67. The molecule has 6 heteroatoms. The van der Waals surface area contributed by atoms with Crippen LogP contribution in [0.15, 0.2) is 12.2 Å². The van der Waals surface area contributed by atoms with Crippen LogP contribution in [0.4, 0.5) is 0 Å². The Morgan fingerprint density at radius 3 is 2.00 bits per heavy atom. The van der Waals surface area contributed by atoms with Crippen molar-refractivity contribution in [2.75, 3.05) is 27.9 Å². The van der Waals surface area contributed by atoms with E-state index < -0.39 is 9.05 Å². The molecule has 0 saturated heterocycles. The molecule has 0 saturated carbocycles. The zero-order chi connectivity index (χ0) is 11.9. The number of rotatable bonds is 8. The highest BCUT2D eigenvalue weighted by molar-refractivity contribution is 6.53. The van der Waals surface area contributed by atoms with Crippen LogP contribution in [-0.4, -0.2) is 42.8 Å². The van der Waals surface area contributed by atoms with Crippen molar-refractivity contribution in [3.05, 3.63) is 12.2 Å². The summed E-state index contributed by atoms with van der Waals surface area (Å²) >= 11 is 0. The molecule has 5 nitrogen and oxygen atoms in total. The molecule has 0 aromatic carbocycles. The molecule has 0 atom stereocenters. The fraction of sp³-hybridized carbons (Fsp3) is 0.667. The van der Waals surface area contributed by atoms with Crippen molar-refractivity contribution in [1.82, 2.24) is 0 Å². The molecule has 0 unspecified atom stereocenters. The minimum atomic E-state index is -3.00. The molecule has 0 heterocycles. The normalized spacial score (nSPS) is 11.5. The van der Waals surface area contributed by atoms with Crippen molar-refractivity contribution in [3.63, 3.8) is 0 Å². The van der Waals surface area contributed by atoms with Gasteiger partial charge in [0.05, 0.1) is 0 Å². The molecular weight excluding hydrogens is 216 g/mol. The van der Waals surface area contributed by atoms with Crippen LogP contribution in [-0.2, 0) is 22.5 Å². The fourth-order valence-corrected chi connectivity index (χ4v) is 2.11. The molecule has 15 heavy (non-hydrogen) atoms. The van der Waals surface area contributed by atoms with Gasteiger partial charge in [0.25, 0.3) is 0 Å². The number of ketones is 1. The Hall–Kier alpha value is -0.533. The van der Waals surface area contributed by atoms with Crippen molar-refractivity contribution in [3.8, 4) is 0 Å². The topological polar surface area (TPSA) is 54.0 Å². The Morgan fingerprint density at radius 1 is 1.20 bits per heavy atom. The first-order chi connectivity index (χ1) is 7.01. The summed E-state index contributed by atoms with van der Waals surface area (Å²) in [5.41, 5.74) is 0.512. The van der Waals surface area contributed by atoms with Crippen molar-refractivity contribution < 1.29 is 22.5 Å². The number of hydrogen-bond donors (Lipinski definition) is 0. The highest BCUT2D eigenvalue weighted by atomic mass is 28.4. The maximum absolute atomic E-state index is 11.2. The van der Waals surface area contributed by atoms with E-state index in [2.05, 4.69) is 6.58 Å². The Kier molecular flexibility index (Phi) is 6.62. The van der Waals surface area contributed by atoms with Gasteiger partial charge in [-0.15, -0.1) is 0 Å². The monoisotopic (exact) mass is 234 g/mol. The molecule has 0 N–H and O–H groups in total. The van der Waals surface area contributed by atoms with Crippen molar-refractivity contribution >= 4 is 14.8 Å². The average Bonchev–Trinajstić information content (AvgIpc) is 2.24. The summed E-state index contributed by atoms with van der Waals surface area (Å²) in [5, 5.41) is 0. The molecular formula is C9H18O5Si. The molecule has 88 valence electrons. The summed E-state index contributed by atoms with van der Waals surface area (Å²) in [6, 6.07) is 0. The van der Waals surface area contributed by atoms with Gasteiger partial charge in [0.1, 0.15) is 0 Å². The lowest BCUT2D eigenvalue weighted by atomic mass is 10.2. The molecule has 0 aromatic heterocycles. The minimum absolute atomic E-state index is 0.0405. The zero-order valence-corrected chi connectivity index (χ0v) is 10.7. The second kappa shape index (κ2) is 6.86. The number of carbonyl (C=O) groups excluding carboxylic acids is 1. The zero-order valence-electron chi connectivity index (χ0n) is 9.66. The van der Waals surface area contributed by atoms with E-state index in [1.54, 1.807) is 6.92 Å². The van der Waals surface area contributed by atoms with Crippen molar-refractivity contribution in [1.29, 1.82) is 0 Å². The number of carbonyl (C=O) groups is 1. The maximum Gasteiger partial charge on any atom is 0.678 e. The lowest BCUT2D eigenvalue weighted by Crippen LogP contribution is -2.46. The average molecular weight is 234 g/mol. The van der Waals surface area contributed by atoms with E-state index in [0.29, 0.717) is 5.57 Å². The summed E-state index contributed by atoms with van der Waals surface area (Å²) in [6.07, 6.45) is 0.250. The van der Waals surface area contributed by atoms with Gasteiger partial charge in [-0.25, -0.2) is 0 Å². The van der Waals surface area contributed by atoms with E-state index in [-0.39, 0.29) is 18.8 Å². The lowest BCUT2D eigenvalue weighted by Gasteiger charge is -2.22. The van der Waals surface area contributed by atoms with Crippen molar-refractivity contribution in [2.24, 2.45) is 0 Å². The second-order valence-corrected chi connectivity index (χ2v) is 5.43. The third-order valence-corrected chi connectivity index (χ3v) is 3.89. The molecule has 0 aliphatic heterocycles. The number of Topliss-reactive ketones (excluding diaryl/α,β-unsaturated/α-hetero) is 1.